The summed E-state index contributed by atoms with van der Waals surface area (Å²) >= 11 is 3.30. The minimum Gasteiger partial charge on any atom is -0.481 e. The molecule has 1 aromatic carbocycles. The predicted octanol–water partition coefficient (Wildman–Crippen LogP) is 1.18. The summed E-state index contributed by atoms with van der Waals surface area (Å²) < 4.78 is 6.32. The lowest BCUT2D eigenvalue weighted by Gasteiger charge is -2.14. The number of nitrogens with one attached hydrogen (secondary N) is 3. The second kappa shape index (κ2) is 6.85. The van der Waals surface area contributed by atoms with E-state index in [4.69, 9.17) is 4.74 Å². The highest BCUT2D eigenvalue weighted by atomic mass is 79.9. The number of carbonyl (C=O) groups is 2. The third-order valence-corrected chi connectivity index (χ3v) is 2.55. The molecular formula is C11H14BrN3O3. The van der Waals surface area contributed by atoms with Gasteiger partial charge in [0.25, 0.3) is 5.91 Å². The molecule has 98 valence electrons. The molecular weight excluding hydrogens is 302 g/mol. The van der Waals surface area contributed by atoms with E-state index in [0.29, 0.717) is 5.75 Å². The summed E-state index contributed by atoms with van der Waals surface area (Å²) in [5.74, 6) is 0.127. The molecule has 0 aliphatic heterocycles. The zero-order valence-corrected chi connectivity index (χ0v) is 11.6. The van der Waals surface area contributed by atoms with Crippen LogP contribution in [0.4, 0.5) is 4.79 Å². The number of halogens is 1. The van der Waals surface area contributed by atoms with Crippen LogP contribution in [0.25, 0.3) is 0 Å². The zero-order valence-electron chi connectivity index (χ0n) is 9.99. The van der Waals surface area contributed by atoms with E-state index in [1.807, 2.05) is 12.1 Å². The summed E-state index contributed by atoms with van der Waals surface area (Å²) in [5.41, 5.74) is 4.40. The molecule has 6 nitrogen and oxygen atoms in total. The van der Waals surface area contributed by atoms with Crippen LogP contribution in [-0.4, -0.2) is 25.1 Å². The maximum absolute atomic E-state index is 11.5. The normalized spacial score (nSPS) is 11.3. The molecule has 1 unspecified atom stereocenters. The van der Waals surface area contributed by atoms with E-state index in [1.165, 1.54) is 7.05 Å². The molecule has 0 aromatic heterocycles. The second-order valence-electron chi connectivity index (χ2n) is 3.41. The van der Waals surface area contributed by atoms with Crippen LogP contribution in [0, 0.1) is 0 Å². The van der Waals surface area contributed by atoms with Crippen LogP contribution in [0.15, 0.2) is 28.7 Å². The van der Waals surface area contributed by atoms with Crippen molar-refractivity contribution in [1.29, 1.82) is 0 Å². The number of rotatable bonds is 3. The standard InChI is InChI=1S/C11H14BrN3O3/c1-7(10(16)14-15-11(17)13-2)18-9-5-3-8(12)4-6-9/h3-7H,1-2H3,(H,14,16)(H2,13,15,17). The summed E-state index contributed by atoms with van der Waals surface area (Å²) in [4.78, 5) is 22.4. The lowest BCUT2D eigenvalue weighted by Crippen LogP contribution is -2.49. The topological polar surface area (TPSA) is 79.5 Å². The van der Waals surface area contributed by atoms with Crippen molar-refractivity contribution in [1.82, 2.24) is 16.2 Å². The number of hydrogen-bond donors (Lipinski definition) is 3. The number of carbonyl (C=O) groups excluding carboxylic acids is 2. The number of hydrazine groups is 1. The van der Waals surface area contributed by atoms with Gasteiger partial charge in [-0.05, 0) is 31.2 Å². The lowest BCUT2D eigenvalue weighted by molar-refractivity contribution is -0.128. The Morgan fingerprint density at radius 1 is 1.22 bits per heavy atom. The van der Waals surface area contributed by atoms with Crippen LogP contribution in [-0.2, 0) is 4.79 Å². The highest BCUT2D eigenvalue weighted by Crippen LogP contribution is 2.17. The molecule has 3 amide bonds. The summed E-state index contributed by atoms with van der Waals surface area (Å²) in [6.45, 7) is 1.59. The van der Waals surface area contributed by atoms with Crippen molar-refractivity contribution >= 4 is 27.9 Å². The van der Waals surface area contributed by atoms with E-state index in [1.54, 1.807) is 19.1 Å². The molecule has 0 bridgehead atoms. The molecule has 0 spiro atoms. The Bertz CT molecular complexity index is 422. The van der Waals surface area contributed by atoms with Gasteiger partial charge in [-0.3, -0.25) is 10.2 Å². The van der Waals surface area contributed by atoms with Gasteiger partial charge in [0, 0.05) is 11.5 Å². The number of amides is 3. The minimum atomic E-state index is -0.719. The third-order valence-electron chi connectivity index (χ3n) is 2.02. The molecule has 0 radical (unpaired) electrons. The van der Waals surface area contributed by atoms with Crippen LogP contribution in [0.1, 0.15) is 6.92 Å². The lowest BCUT2D eigenvalue weighted by atomic mass is 10.3. The van der Waals surface area contributed by atoms with E-state index in [9.17, 15) is 9.59 Å². The van der Waals surface area contributed by atoms with Crippen LogP contribution >= 0.6 is 15.9 Å². The van der Waals surface area contributed by atoms with Gasteiger partial charge in [0.1, 0.15) is 5.75 Å². The van der Waals surface area contributed by atoms with Gasteiger partial charge in [0.15, 0.2) is 6.10 Å². The molecule has 0 saturated heterocycles. The van der Waals surface area contributed by atoms with Crippen LogP contribution < -0.4 is 20.9 Å². The van der Waals surface area contributed by atoms with Gasteiger partial charge in [-0.1, -0.05) is 15.9 Å². The van der Waals surface area contributed by atoms with Gasteiger partial charge >= 0.3 is 6.03 Å². The Morgan fingerprint density at radius 2 is 1.83 bits per heavy atom. The first-order valence-corrected chi connectivity index (χ1v) is 6.02. The quantitative estimate of drug-likeness (QED) is 0.733. The Kier molecular flexibility index (Phi) is 5.44. The van der Waals surface area contributed by atoms with Gasteiger partial charge < -0.3 is 10.1 Å². The van der Waals surface area contributed by atoms with E-state index in [-0.39, 0.29) is 0 Å². The average Bonchev–Trinajstić information content (AvgIpc) is 2.38. The van der Waals surface area contributed by atoms with Crippen molar-refractivity contribution in [2.45, 2.75) is 13.0 Å². The number of hydrogen-bond acceptors (Lipinski definition) is 3. The molecule has 1 aromatic rings. The SMILES string of the molecule is CNC(=O)NNC(=O)C(C)Oc1ccc(Br)cc1. The number of ether oxygens (including phenoxy) is 1. The third kappa shape index (κ3) is 4.62. The van der Waals surface area contributed by atoms with Crippen LogP contribution in [0.3, 0.4) is 0 Å². The molecule has 0 fully saturated rings. The van der Waals surface area contributed by atoms with Crippen LogP contribution in [0.2, 0.25) is 0 Å². The number of urea groups is 1. The fourth-order valence-corrected chi connectivity index (χ4v) is 1.32. The second-order valence-corrected chi connectivity index (χ2v) is 4.32. The number of benzene rings is 1. The summed E-state index contributed by atoms with van der Waals surface area (Å²) in [6, 6.07) is 6.59. The molecule has 7 heteroatoms. The average molecular weight is 316 g/mol. The van der Waals surface area contributed by atoms with Gasteiger partial charge in [0.05, 0.1) is 0 Å². The van der Waals surface area contributed by atoms with Crippen LogP contribution in [0.5, 0.6) is 5.75 Å². The summed E-state index contributed by atoms with van der Waals surface area (Å²) in [7, 11) is 1.45. The van der Waals surface area contributed by atoms with Gasteiger partial charge in [-0.25, -0.2) is 10.2 Å². The Morgan fingerprint density at radius 3 is 2.39 bits per heavy atom. The van der Waals surface area contributed by atoms with E-state index >= 15 is 0 Å². The smallest absolute Gasteiger partial charge is 0.333 e. The Labute approximate surface area is 113 Å². The van der Waals surface area contributed by atoms with Crippen molar-refractivity contribution in [2.24, 2.45) is 0 Å². The zero-order chi connectivity index (χ0) is 13.5. The molecule has 0 aliphatic carbocycles. The summed E-state index contributed by atoms with van der Waals surface area (Å²) in [6.07, 6.45) is -0.719. The fourth-order valence-electron chi connectivity index (χ4n) is 1.05. The maximum Gasteiger partial charge on any atom is 0.333 e. The highest BCUT2D eigenvalue weighted by molar-refractivity contribution is 9.10. The van der Waals surface area contributed by atoms with Crippen molar-refractivity contribution in [3.63, 3.8) is 0 Å². The first-order chi connectivity index (χ1) is 8.52. The maximum atomic E-state index is 11.5. The van der Waals surface area contributed by atoms with E-state index < -0.39 is 18.0 Å². The highest BCUT2D eigenvalue weighted by Gasteiger charge is 2.14. The largest absolute Gasteiger partial charge is 0.481 e. The minimum absolute atomic E-state index is 0.443. The van der Waals surface area contributed by atoms with Crippen molar-refractivity contribution in [3.8, 4) is 5.75 Å². The van der Waals surface area contributed by atoms with Crippen molar-refractivity contribution < 1.29 is 14.3 Å². The first kappa shape index (κ1) is 14.3. The van der Waals surface area contributed by atoms with Gasteiger partial charge in [-0.15, -0.1) is 0 Å². The molecule has 1 rings (SSSR count). The molecule has 18 heavy (non-hydrogen) atoms. The molecule has 0 heterocycles. The monoisotopic (exact) mass is 315 g/mol. The first-order valence-electron chi connectivity index (χ1n) is 5.22. The summed E-state index contributed by atoms with van der Waals surface area (Å²) in [5, 5.41) is 2.30. The Hall–Kier alpha value is -1.76. The van der Waals surface area contributed by atoms with Gasteiger partial charge in [-0.2, -0.15) is 0 Å². The van der Waals surface area contributed by atoms with Gasteiger partial charge in [0.2, 0.25) is 0 Å². The Balaban J connectivity index is 2.44. The molecule has 0 aliphatic rings. The van der Waals surface area contributed by atoms with Crippen molar-refractivity contribution in [2.75, 3.05) is 7.05 Å². The molecule has 3 N–H and O–H groups in total. The van der Waals surface area contributed by atoms with E-state index in [0.717, 1.165) is 4.47 Å². The molecule has 1 atom stereocenters. The van der Waals surface area contributed by atoms with E-state index in [2.05, 4.69) is 32.1 Å². The fraction of sp³-hybridized carbons (Fsp3) is 0.273. The predicted molar refractivity (Wildman–Crippen MR) is 70.0 cm³/mol. The molecule has 0 saturated carbocycles. The van der Waals surface area contributed by atoms with Crippen molar-refractivity contribution in [3.05, 3.63) is 28.7 Å².